The molecule has 1 saturated carbocycles. The lowest BCUT2D eigenvalue weighted by Crippen LogP contribution is -2.49. The smallest absolute Gasteiger partial charge is 0.326 e. The van der Waals surface area contributed by atoms with Gasteiger partial charge >= 0.3 is 5.97 Å². The summed E-state index contributed by atoms with van der Waals surface area (Å²) in [7, 11) is 0. The van der Waals surface area contributed by atoms with E-state index < -0.39 is 17.4 Å². The van der Waals surface area contributed by atoms with Crippen LogP contribution >= 0.6 is 11.8 Å². The third kappa shape index (κ3) is 4.16. The van der Waals surface area contributed by atoms with Gasteiger partial charge < -0.3 is 10.4 Å². The minimum absolute atomic E-state index is 0.0902. The summed E-state index contributed by atoms with van der Waals surface area (Å²) in [6.45, 7) is 5.31. The molecule has 2 rings (SSSR count). The molecule has 116 valence electrons. The Morgan fingerprint density at radius 3 is 2.67 bits per heavy atom. The summed E-state index contributed by atoms with van der Waals surface area (Å²) in [5, 5.41) is 23.7. The van der Waals surface area contributed by atoms with E-state index in [4.69, 9.17) is 0 Å². The number of carbonyl (C=O) groups is 2. The maximum atomic E-state index is 11.9. The Balaban J connectivity index is 1.89. The maximum absolute atomic E-state index is 11.9. The van der Waals surface area contributed by atoms with Crippen LogP contribution < -0.4 is 5.32 Å². The molecule has 1 aromatic rings. The molecule has 21 heavy (non-hydrogen) atoms. The molecule has 0 unspecified atom stereocenters. The van der Waals surface area contributed by atoms with E-state index in [2.05, 4.69) is 20.8 Å². The van der Waals surface area contributed by atoms with Gasteiger partial charge in [-0.2, -0.15) is 0 Å². The number of carboxylic acids is 1. The molecule has 1 fully saturated rings. The van der Waals surface area contributed by atoms with Gasteiger partial charge in [0, 0.05) is 0 Å². The Labute approximate surface area is 126 Å². The number of hydrogen-bond donors (Lipinski definition) is 2. The number of rotatable bonds is 6. The minimum atomic E-state index is -1.04. The normalized spacial score (nSPS) is 16.5. The summed E-state index contributed by atoms with van der Waals surface area (Å²) in [5.41, 5.74) is -0.554. The van der Waals surface area contributed by atoms with Crippen molar-refractivity contribution in [3.05, 3.63) is 0 Å². The zero-order valence-corrected chi connectivity index (χ0v) is 13.1. The Bertz CT molecular complexity index is 535. The van der Waals surface area contributed by atoms with Crippen LogP contribution in [0.2, 0.25) is 0 Å². The van der Waals surface area contributed by atoms with Crippen molar-refractivity contribution in [3.8, 4) is 0 Å². The second-order valence-corrected chi connectivity index (χ2v) is 7.07. The highest BCUT2D eigenvalue weighted by Gasteiger charge is 2.33. The Morgan fingerprint density at radius 1 is 1.48 bits per heavy atom. The van der Waals surface area contributed by atoms with Gasteiger partial charge in [0.15, 0.2) is 0 Å². The fourth-order valence-electron chi connectivity index (χ4n) is 1.81. The SMILES string of the molecule is CC(C)(C)[C@H](NC(=O)CSc1nnnn1C1CC1)C(=O)O. The van der Waals surface area contributed by atoms with Crippen molar-refractivity contribution >= 4 is 23.6 Å². The van der Waals surface area contributed by atoms with Gasteiger partial charge in [-0.05, 0) is 28.7 Å². The Hall–Kier alpha value is -1.64. The summed E-state index contributed by atoms with van der Waals surface area (Å²) in [6, 6.07) is -0.586. The average Bonchev–Trinajstić information content (AvgIpc) is 3.11. The third-order valence-corrected chi connectivity index (χ3v) is 4.04. The molecule has 0 radical (unpaired) electrons. The van der Waals surface area contributed by atoms with Gasteiger partial charge in [0.05, 0.1) is 11.8 Å². The van der Waals surface area contributed by atoms with Gasteiger partial charge in [-0.3, -0.25) is 4.79 Å². The molecule has 9 heteroatoms. The molecule has 8 nitrogen and oxygen atoms in total. The molecule has 1 atom stereocenters. The van der Waals surface area contributed by atoms with Gasteiger partial charge in [-0.25, -0.2) is 9.48 Å². The van der Waals surface area contributed by atoms with Crippen molar-refractivity contribution < 1.29 is 14.7 Å². The quantitative estimate of drug-likeness (QED) is 0.744. The van der Waals surface area contributed by atoms with Crippen LogP contribution in [0.15, 0.2) is 5.16 Å². The zero-order chi connectivity index (χ0) is 15.6. The molecule has 0 aromatic carbocycles. The van der Waals surface area contributed by atoms with Crippen molar-refractivity contribution in [2.75, 3.05) is 5.75 Å². The highest BCUT2D eigenvalue weighted by Crippen LogP contribution is 2.36. The molecular weight excluding hydrogens is 294 g/mol. The minimum Gasteiger partial charge on any atom is -0.480 e. The van der Waals surface area contributed by atoms with Crippen LogP contribution in [0.25, 0.3) is 0 Å². The van der Waals surface area contributed by atoms with E-state index in [-0.39, 0.29) is 11.7 Å². The first-order valence-electron chi connectivity index (χ1n) is 6.72. The first-order chi connectivity index (χ1) is 9.79. The largest absolute Gasteiger partial charge is 0.480 e. The van der Waals surface area contributed by atoms with Crippen LogP contribution in [-0.2, 0) is 9.59 Å². The molecule has 1 heterocycles. The van der Waals surface area contributed by atoms with Crippen molar-refractivity contribution in [3.63, 3.8) is 0 Å². The lowest BCUT2D eigenvalue weighted by molar-refractivity contribution is -0.144. The van der Waals surface area contributed by atoms with Crippen LogP contribution in [0.1, 0.15) is 39.7 Å². The average molecular weight is 313 g/mol. The number of carboxylic acid groups (broad SMARTS) is 1. The number of amides is 1. The number of thioether (sulfide) groups is 1. The summed E-state index contributed by atoms with van der Waals surface area (Å²) in [4.78, 5) is 23.1. The molecule has 0 bridgehead atoms. The number of aromatic nitrogens is 4. The van der Waals surface area contributed by atoms with E-state index in [1.165, 1.54) is 11.8 Å². The molecule has 2 N–H and O–H groups in total. The number of hydrogen-bond acceptors (Lipinski definition) is 6. The lowest BCUT2D eigenvalue weighted by atomic mass is 9.87. The molecule has 0 aliphatic heterocycles. The lowest BCUT2D eigenvalue weighted by Gasteiger charge is -2.27. The maximum Gasteiger partial charge on any atom is 0.326 e. The topological polar surface area (TPSA) is 110 Å². The van der Waals surface area contributed by atoms with Gasteiger partial charge in [-0.1, -0.05) is 32.5 Å². The van der Waals surface area contributed by atoms with Gasteiger partial charge in [0.25, 0.3) is 0 Å². The van der Waals surface area contributed by atoms with E-state index in [0.29, 0.717) is 11.2 Å². The van der Waals surface area contributed by atoms with Gasteiger partial charge in [-0.15, -0.1) is 5.10 Å². The number of nitrogens with zero attached hydrogens (tertiary/aromatic N) is 4. The van der Waals surface area contributed by atoms with E-state index >= 15 is 0 Å². The molecule has 1 amide bonds. The molecular formula is C12H19N5O3S. The number of tetrazole rings is 1. The standard InChI is InChI=1S/C12H19N5O3S/c1-12(2,3)9(10(19)20)13-8(18)6-21-11-14-15-16-17(11)7-4-5-7/h7,9H,4-6H2,1-3H3,(H,13,18)(H,19,20)/t9-/m1/s1. The Kier molecular flexibility index (Phi) is 4.50. The van der Waals surface area contributed by atoms with Crippen molar-refractivity contribution in [2.45, 2.75) is 50.9 Å². The number of carbonyl (C=O) groups excluding carboxylic acids is 1. The monoisotopic (exact) mass is 313 g/mol. The Morgan fingerprint density at radius 2 is 2.14 bits per heavy atom. The molecule has 1 aliphatic rings. The first-order valence-corrected chi connectivity index (χ1v) is 7.70. The highest BCUT2D eigenvalue weighted by molar-refractivity contribution is 7.99. The van der Waals surface area contributed by atoms with Crippen molar-refractivity contribution in [1.29, 1.82) is 0 Å². The summed E-state index contributed by atoms with van der Waals surface area (Å²) < 4.78 is 1.72. The zero-order valence-electron chi connectivity index (χ0n) is 12.2. The van der Waals surface area contributed by atoms with Crippen molar-refractivity contribution in [2.24, 2.45) is 5.41 Å². The predicted octanol–water partition coefficient (Wildman–Crippen LogP) is 0.716. The van der Waals surface area contributed by atoms with Gasteiger partial charge in [0.2, 0.25) is 11.1 Å². The summed E-state index contributed by atoms with van der Waals surface area (Å²) in [5.74, 6) is -1.29. The van der Waals surface area contributed by atoms with Crippen LogP contribution in [0, 0.1) is 5.41 Å². The van der Waals surface area contributed by atoms with Gasteiger partial charge in [0.1, 0.15) is 6.04 Å². The predicted molar refractivity (Wildman–Crippen MR) is 75.8 cm³/mol. The fourth-order valence-corrected chi connectivity index (χ4v) is 2.57. The molecule has 0 spiro atoms. The molecule has 1 aromatic heterocycles. The van der Waals surface area contributed by atoms with Crippen LogP contribution in [0.4, 0.5) is 0 Å². The van der Waals surface area contributed by atoms with Crippen LogP contribution in [0.5, 0.6) is 0 Å². The van der Waals surface area contributed by atoms with E-state index in [9.17, 15) is 14.7 Å². The van der Waals surface area contributed by atoms with E-state index in [1.807, 2.05) is 0 Å². The highest BCUT2D eigenvalue weighted by atomic mass is 32.2. The van der Waals surface area contributed by atoms with Crippen molar-refractivity contribution in [1.82, 2.24) is 25.5 Å². The first kappa shape index (κ1) is 15.7. The van der Waals surface area contributed by atoms with Crippen LogP contribution in [-0.4, -0.2) is 49.0 Å². The summed E-state index contributed by atoms with van der Waals surface area (Å²) in [6.07, 6.45) is 2.10. The number of aliphatic carboxylic acids is 1. The third-order valence-electron chi connectivity index (χ3n) is 3.11. The fraction of sp³-hybridized carbons (Fsp3) is 0.750. The second-order valence-electron chi connectivity index (χ2n) is 6.13. The van der Waals surface area contributed by atoms with Crippen LogP contribution in [0.3, 0.4) is 0 Å². The summed E-state index contributed by atoms with van der Waals surface area (Å²) >= 11 is 1.22. The van der Waals surface area contributed by atoms with E-state index in [1.54, 1.807) is 25.5 Å². The molecule has 1 aliphatic carbocycles. The van der Waals surface area contributed by atoms with E-state index in [0.717, 1.165) is 12.8 Å². The number of nitrogens with one attached hydrogen (secondary N) is 1. The molecule has 0 saturated heterocycles. The second kappa shape index (κ2) is 6.00.